The molecule has 4 heterocycles. The molecule has 8 heteroatoms. The smallest absolute Gasteiger partial charge is 0.0937 e. The maximum Gasteiger partial charge on any atom is 0.0937 e. The molecule has 2 fully saturated rings. The average molecular weight is 439 g/mol. The molecule has 2 aromatic heterocycles. The van der Waals surface area contributed by atoms with E-state index in [1.807, 2.05) is 17.8 Å². The van der Waals surface area contributed by atoms with Crippen LogP contribution in [-0.2, 0) is 12.8 Å². The van der Waals surface area contributed by atoms with Gasteiger partial charge in [0.05, 0.1) is 10.0 Å². The van der Waals surface area contributed by atoms with Crippen molar-refractivity contribution in [2.24, 2.45) is 0 Å². The summed E-state index contributed by atoms with van der Waals surface area (Å²) in [5.74, 6) is 0. The van der Waals surface area contributed by atoms with E-state index in [0.717, 1.165) is 25.9 Å². The van der Waals surface area contributed by atoms with Crippen LogP contribution in [-0.4, -0.2) is 97.7 Å². The Kier molecular flexibility index (Phi) is 12.6. The van der Waals surface area contributed by atoms with Crippen molar-refractivity contribution in [2.75, 3.05) is 73.0 Å². The van der Waals surface area contributed by atoms with Crippen LogP contribution in [0.5, 0.6) is 0 Å². The molecule has 0 aromatic carbocycles. The van der Waals surface area contributed by atoms with Crippen molar-refractivity contribution in [3.63, 3.8) is 0 Å². The monoisotopic (exact) mass is 438 g/mol. The number of nitrogens with one attached hydrogen (secondary N) is 1. The lowest BCUT2D eigenvalue weighted by Crippen LogP contribution is -2.45. The van der Waals surface area contributed by atoms with E-state index in [4.69, 9.17) is 0 Å². The quantitative estimate of drug-likeness (QED) is 0.774. The van der Waals surface area contributed by atoms with Crippen LogP contribution < -0.4 is 5.32 Å². The summed E-state index contributed by atoms with van der Waals surface area (Å²) < 4.78 is 0. The van der Waals surface area contributed by atoms with Gasteiger partial charge in [-0.2, -0.15) is 0 Å². The van der Waals surface area contributed by atoms with Gasteiger partial charge in [-0.15, -0.1) is 22.7 Å². The minimum atomic E-state index is 1.11. The molecule has 0 unspecified atom stereocenters. The fraction of sp³-hybridized carbons (Fsp3) is 0.714. The fourth-order valence-corrected chi connectivity index (χ4v) is 4.40. The van der Waals surface area contributed by atoms with Gasteiger partial charge in [-0.3, -0.25) is 0 Å². The Labute approximate surface area is 185 Å². The lowest BCUT2D eigenvalue weighted by molar-refractivity contribution is 0.155. The van der Waals surface area contributed by atoms with Gasteiger partial charge in [-0.05, 0) is 26.9 Å². The van der Waals surface area contributed by atoms with E-state index in [1.165, 1.54) is 62.2 Å². The summed E-state index contributed by atoms with van der Waals surface area (Å²) in [5, 5.41) is 9.87. The van der Waals surface area contributed by atoms with Gasteiger partial charge in [0.25, 0.3) is 0 Å². The maximum atomic E-state index is 4.30. The molecule has 0 spiro atoms. The molecule has 0 bridgehead atoms. The van der Waals surface area contributed by atoms with Gasteiger partial charge in [0.1, 0.15) is 0 Å². The molecule has 0 amide bonds. The molecular weight excluding hydrogens is 400 g/mol. The molecule has 6 nitrogen and oxygen atoms in total. The molecular formula is C21H38N6S2. The average Bonchev–Trinajstić information content (AvgIpc) is 3.44. The highest BCUT2D eigenvalue weighted by atomic mass is 32.1. The van der Waals surface area contributed by atoms with Crippen molar-refractivity contribution in [2.45, 2.75) is 26.2 Å². The van der Waals surface area contributed by atoms with Gasteiger partial charge in [-0.1, -0.05) is 6.92 Å². The second-order valence-corrected chi connectivity index (χ2v) is 9.51. The van der Waals surface area contributed by atoms with Gasteiger partial charge in [-0.25, -0.2) is 9.97 Å². The molecule has 2 aliphatic heterocycles. The summed E-state index contributed by atoms with van der Waals surface area (Å²) in [6.45, 7) is 12.9. The molecule has 0 aliphatic carbocycles. The number of hydrogen-bond donors (Lipinski definition) is 1. The zero-order valence-electron chi connectivity index (χ0n) is 18.3. The number of hydrogen-bond acceptors (Lipinski definition) is 8. The molecule has 4 rings (SSSR count). The van der Waals surface area contributed by atoms with E-state index >= 15 is 0 Å². The summed E-state index contributed by atoms with van der Waals surface area (Å²) in [5.41, 5.74) is 0. The molecule has 0 radical (unpaired) electrons. The SMILES string of the molecule is CCCc1nccs1.CN1CCN(CCc2nccs2)CC1.CN1CCNCC1. The minimum absolute atomic E-state index is 1.11. The lowest BCUT2D eigenvalue weighted by Gasteiger charge is -2.32. The standard InChI is InChI=1S/C10H17N3S.C6H9NS.C5H12N2/c1-12-5-7-13(8-6-12)4-2-10-11-3-9-14-10;1-2-3-6-7-4-5-8-6;1-7-4-2-6-3-5-7/h3,9H,2,4-8H2,1H3;4-5H,2-3H2,1H3;6H,2-5H2,1H3. The number of piperazine rings is 2. The Morgan fingerprint density at radius 1 is 0.828 bits per heavy atom. The molecule has 29 heavy (non-hydrogen) atoms. The van der Waals surface area contributed by atoms with E-state index in [2.05, 4.69) is 56.4 Å². The Morgan fingerprint density at radius 2 is 1.38 bits per heavy atom. The van der Waals surface area contributed by atoms with Crippen molar-refractivity contribution in [3.8, 4) is 0 Å². The first kappa shape index (κ1) is 24.4. The molecule has 2 aliphatic rings. The third kappa shape index (κ3) is 11.2. The first-order valence-corrected chi connectivity index (χ1v) is 12.5. The van der Waals surface area contributed by atoms with Crippen molar-refractivity contribution >= 4 is 22.7 Å². The topological polar surface area (TPSA) is 47.5 Å². The highest BCUT2D eigenvalue weighted by molar-refractivity contribution is 7.09. The summed E-state index contributed by atoms with van der Waals surface area (Å²) in [4.78, 5) is 15.7. The molecule has 0 atom stereocenters. The van der Waals surface area contributed by atoms with E-state index in [1.54, 1.807) is 22.7 Å². The van der Waals surface area contributed by atoms with Crippen LogP contribution in [0.4, 0.5) is 0 Å². The maximum absolute atomic E-state index is 4.30. The minimum Gasteiger partial charge on any atom is -0.314 e. The van der Waals surface area contributed by atoms with Crippen LogP contribution in [0.15, 0.2) is 23.2 Å². The van der Waals surface area contributed by atoms with E-state index < -0.39 is 0 Å². The van der Waals surface area contributed by atoms with Crippen LogP contribution >= 0.6 is 22.7 Å². The molecule has 0 saturated carbocycles. The number of likely N-dealkylation sites (N-methyl/N-ethyl adjacent to an activating group) is 2. The van der Waals surface area contributed by atoms with Crippen molar-refractivity contribution < 1.29 is 0 Å². The number of rotatable bonds is 5. The Bertz CT molecular complexity index is 591. The third-order valence-corrected chi connectivity index (χ3v) is 6.69. The summed E-state index contributed by atoms with van der Waals surface area (Å²) >= 11 is 3.50. The van der Waals surface area contributed by atoms with Crippen LogP contribution in [0.25, 0.3) is 0 Å². The second-order valence-electron chi connectivity index (χ2n) is 7.55. The number of thiazole rings is 2. The van der Waals surface area contributed by atoms with E-state index in [-0.39, 0.29) is 0 Å². The second kappa shape index (κ2) is 15.0. The van der Waals surface area contributed by atoms with E-state index in [9.17, 15) is 0 Å². The molecule has 2 aromatic rings. The highest BCUT2D eigenvalue weighted by Gasteiger charge is 2.13. The zero-order valence-corrected chi connectivity index (χ0v) is 20.0. The van der Waals surface area contributed by atoms with Gasteiger partial charge < -0.3 is 20.0 Å². The normalized spacial score (nSPS) is 18.4. The largest absolute Gasteiger partial charge is 0.314 e. The van der Waals surface area contributed by atoms with Crippen LogP contribution in [0.2, 0.25) is 0 Å². The van der Waals surface area contributed by atoms with Crippen LogP contribution in [0, 0.1) is 0 Å². The van der Waals surface area contributed by atoms with Crippen LogP contribution in [0.3, 0.4) is 0 Å². The highest BCUT2D eigenvalue weighted by Crippen LogP contribution is 2.07. The van der Waals surface area contributed by atoms with Gasteiger partial charge in [0.2, 0.25) is 0 Å². The predicted molar refractivity (Wildman–Crippen MR) is 126 cm³/mol. The van der Waals surface area contributed by atoms with Crippen molar-refractivity contribution in [1.29, 1.82) is 0 Å². The van der Waals surface area contributed by atoms with Gasteiger partial charge in [0.15, 0.2) is 0 Å². The number of nitrogens with zero attached hydrogens (tertiary/aromatic N) is 5. The third-order valence-electron chi connectivity index (χ3n) is 5.01. The Morgan fingerprint density at radius 3 is 1.83 bits per heavy atom. The predicted octanol–water partition coefficient (Wildman–Crippen LogP) is 2.55. The lowest BCUT2D eigenvalue weighted by atomic mass is 10.3. The van der Waals surface area contributed by atoms with Crippen molar-refractivity contribution in [1.82, 2.24) is 30.0 Å². The zero-order chi connectivity index (χ0) is 20.7. The van der Waals surface area contributed by atoms with Crippen LogP contribution in [0.1, 0.15) is 23.4 Å². The number of aryl methyl sites for hydroxylation is 1. The molecule has 164 valence electrons. The van der Waals surface area contributed by atoms with E-state index in [0.29, 0.717) is 0 Å². The Hall–Kier alpha value is -0.900. The van der Waals surface area contributed by atoms with Crippen molar-refractivity contribution in [3.05, 3.63) is 33.2 Å². The first-order valence-electron chi connectivity index (χ1n) is 10.7. The number of aromatic nitrogens is 2. The fourth-order valence-electron chi connectivity index (χ4n) is 3.07. The molecule has 1 N–H and O–H groups in total. The summed E-state index contributed by atoms with van der Waals surface area (Å²) in [6.07, 6.45) is 7.20. The molecule has 2 saturated heterocycles. The summed E-state index contributed by atoms with van der Waals surface area (Å²) in [7, 11) is 4.35. The first-order chi connectivity index (χ1) is 14.2. The van der Waals surface area contributed by atoms with Gasteiger partial charge >= 0.3 is 0 Å². The van der Waals surface area contributed by atoms with Gasteiger partial charge in [0, 0.05) is 88.5 Å². The summed E-state index contributed by atoms with van der Waals surface area (Å²) in [6, 6.07) is 0. The Balaban J connectivity index is 0.000000170.